The van der Waals surface area contributed by atoms with Gasteiger partial charge in [0.15, 0.2) is 11.5 Å². The Kier molecular flexibility index (Phi) is 4.01. The van der Waals surface area contributed by atoms with Crippen molar-refractivity contribution >= 4 is 17.6 Å². The molecule has 0 fully saturated rings. The molecule has 2 heterocycles. The van der Waals surface area contributed by atoms with Crippen molar-refractivity contribution in [2.45, 2.75) is 18.9 Å². The fourth-order valence-electron chi connectivity index (χ4n) is 2.83. The van der Waals surface area contributed by atoms with Gasteiger partial charge < -0.3 is 19.3 Å². The second-order valence-electron chi connectivity index (χ2n) is 5.33. The molecule has 1 aliphatic rings. The van der Waals surface area contributed by atoms with Gasteiger partial charge in [-0.2, -0.15) is 0 Å². The van der Waals surface area contributed by atoms with Crippen molar-refractivity contribution in [3.05, 3.63) is 47.3 Å². The monoisotopic (exact) mass is 316 g/mol. The number of carbonyl (C=O) groups excluding carboxylic acids is 1. The number of benzene rings is 1. The summed E-state index contributed by atoms with van der Waals surface area (Å²) in [5, 5.41) is 13.0. The molecule has 0 aliphatic carbocycles. The minimum absolute atomic E-state index is 0.121. The number of para-hydroxylation sites is 1. The van der Waals surface area contributed by atoms with Crippen molar-refractivity contribution in [2.24, 2.45) is 0 Å². The van der Waals surface area contributed by atoms with Crippen molar-refractivity contribution in [1.29, 1.82) is 0 Å². The summed E-state index contributed by atoms with van der Waals surface area (Å²) in [6, 6.07) is 8.97. The number of anilines is 1. The molecule has 7 heteroatoms. The molecule has 1 aromatic heterocycles. The number of aromatic nitrogens is 1. The second-order valence-corrected chi connectivity index (χ2v) is 5.33. The summed E-state index contributed by atoms with van der Waals surface area (Å²) in [5.74, 6) is -1.34. The van der Waals surface area contributed by atoms with Crippen molar-refractivity contribution in [1.82, 2.24) is 5.16 Å². The lowest BCUT2D eigenvalue weighted by Gasteiger charge is -2.33. The van der Waals surface area contributed by atoms with E-state index in [0.717, 1.165) is 11.3 Å². The minimum Gasteiger partial charge on any atom is -0.481 e. The van der Waals surface area contributed by atoms with Crippen LogP contribution in [0.15, 0.2) is 34.9 Å². The van der Waals surface area contributed by atoms with Crippen molar-refractivity contribution in [3.8, 4) is 0 Å². The van der Waals surface area contributed by atoms with Crippen molar-refractivity contribution in [2.75, 3.05) is 18.6 Å². The fraction of sp³-hybridized carbons (Fsp3) is 0.312. The second kappa shape index (κ2) is 6.12. The smallest absolute Gasteiger partial charge is 0.360 e. The summed E-state index contributed by atoms with van der Waals surface area (Å²) in [7, 11) is 1.28. The molecule has 1 atom stereocenters. The first-order valence-electron chi connectivity index (χ1n) is 7.20. The highest BCUT2D eigenvalue weighted by Crippen LogP contribution is 2.36. The lowest BCUT2D eigenvalue weighted by Crippen LogP contribution is -2.32. The minimum atomic E-state index is -0.815. The molecule has 1 aromatic carbocycles. The van der Waals surface area contributed by atoms with Crippen LogP contribution in [0.1, 0.15) is 34.2 Å². The van der Waals surface area contributed by atoms with Crippen molar-refractivity contribution < 1.29 is 24.0 Å². The third kappa shape index (κ3) is 2.90. The Morgan fingerprint density at radius 1 is 1.43 bits per heavy atom. The number of carboxylic acids is 1. The Morgan fingerprint density at radius 2 is 2.22 bits per heavy atom. The maximum absolute atomic E-state index is 11.4. The summed E-state index contributed by atoms with van der Waals surface area (Å²) in [6.45, 7) is 0.996. The van der Waals surface area contributed by atoms with E-state index in [1.807, 2.05) is 29.2 Å². The highest BCUT2D eigenvalue weighted by atomic mass is 16.5. The van der Waals surface area contributed by atoms with Crippen LogP contribution in [0.25, 0.3) is 0 Å². The van der Waals surface area contributed by atoms with E-state index in [9.17, 15) is 14.7 Å². The van der Waals surface area contributed by atoms with E-state index >= 15 is 0 Å². The van der Waals surface area contributed by atoms with Crippen LogP contribution in [0, 0.1) is 0 Å². The van der Waals surface area contributed by atoms with E-state index in [1.54, 1.807) is 0 Å². The molecule has 0 amide bonds. The summed E-state index contributed by atoms with van der Waals surface area (Å²) in [6.07, 6.45) is 0.518. The number of methoxy groups -OCH3 is 1. The standard InChI is InChI=1S/C16H16N2O5/c1-22-16(21)13-8-10(23-17-13)9-18-7-6-12(15(19)20)11-4-2-3-5-14(11)18/h2-5,8,12H,6-7,9H2,1H3,(H,19,20). The summed E-state index contributed by atoms with van der Waals surface area (Å²) < 4.78 is 9.77. The molecule has 1 N–H and O–H groups in total. The maximum Gasteiger partial charge on any atom is 0.360 e. The van der Waals surface area contributed by atoms with E-state index < -0.39 is 17.9 Å². The third-order valence-corrected chi connectivity index (χ3v) is 3.94. The number of esters is 1. The van der Waals surface area contributed by atoms with E-state index in [0.29, 0.717) is 25.3 Å². The van der Waals surface area contributed by atoms with Gasteiger partial charge in [0.1, 0.15) is 0 Å². The SMILES string of the molecule is COC(=O)c1cc(CN2CCC(C(=O)O)c3ccccc32)on1. The third-order valence-electron chi connectivity index (χ3n) is 3.94. The molecule has 1 aliphatic heterocycles. The first-order chi connectivity index (χ1) is 11.1. The zero-order valence-corrected chi connectivity index (χ0v) is 12.6. The lowest BCUT2D eigenvalue weighted by atomic mass is 9.90. The van der Waals surface area contributed by atoms with Gasteiger partial charge in [-0.05, 0) is 18.1 Å². The Labute approximate surface area is 132 Å². The molecule has 0 spiro atoms. The maximum atomic E-state index is 11.4. The molecule has 0 saturated heterocycles. The Bertz CT molecular complexity index is 740. The average Bonchev–Trinajstić information content (AvgIpc) is 3.02. The number of carbonyl (C=O) groups is 2. The number of carboxylic acid groups (broad SMARTS) is 1. The highest BCUT2D eigenvalue weighted by molar-refractivity contribution is 5.87. The lowest BCUT2D eigenvalue weighted by molar-refractivity contribution is -0.139. The zero-order chi connectivity index (χ0) is 16.4. The van der Waals surface area contributed by atoms with Crippen molar-refractivity contribution in [3.63, 3.8) is 0 Å². The number of fused-ring (bicyclic) bond motifs is 1. The van der Waals surface area contributed by atoms with Crippen LogP contribution in [-0.4, -0.2) is 35.9 Å². The van der Waals surface area contributed by atoms with E-state index in [1.165, 1.54) is 13.2 Å². The van der Waals surface area contributed by atoms with E-state index in [-0.39, 0.29) is 5.69 Å². The molecule has 0 bridgehead atoms. The van der Waals surface area contributed by atoms with Crippen LogP contribution in [0.3, 0.4) is 0 Å². The molecular formula is C16H16N2O5. The number of hydrogen-bond acceptors (Lipinski definition) is 6. The molecule has 0 saturated carbocycles. The zero-order valence-electron chi connectivity index (χ0n) is 12.6. The summed E-state index contributed by atoms with van der Waals surface area (Å²) >= 11 is 0. The fourth-order valence-corrected chi connectivity index (χ4v) is 2.83. The largest absolute Gasteiger partial charge is 0.481 e. The molecule has 7 nitrogen and oxygen atoms in total. The quantitative estimate of drug-likeness (QED) is 0.863. The van der Waals surface area contributed by atoms with E-state index in [4.69, 9.17) is 4.52 Å². The number of nitrogens with zero attached hydrogens (tertiary/aromatic N) is 2. The van der Waals surface area contributed by atoms with Gasteiger partial charge in [0.25, 0.3) is 0 Å². The predicted octanol–water partition coefficient (Wildman–Crippen LogP) is 2.04. The van der Waals surface area contributed by atoms with Crippen LogP contribution in [0.5, 0.6) is 0 Å². The number of rotatable bonds is 4. The van der Waals surface area contributed by atoms with Gasteiger partial charge in [0.05, 0.1) is 19.6 Å². The van der Waals surface area contributed by atoms with Gasteiger partial charge in [-0.3, -0.25) is 4.79 Å². The molecule has 120 valence electrons. The molecule has 1 unspecified atom stereocenters. The first-order valence-corrected chi connectivity index (χ1v) is 7.20. The summed E-state index contributed by atoms with van der Waals surface area (Å²) in [4.78, 5) is 24.8. The first kappa shape index (κ1) is 15.1. The summed E-state index contributed by atoms with van der Waals surface area (Å²) in [5.41, 5.74) is 1.78. The van der Waals surface area contributed by atoms with Crippen LogP contribution in [-0.2, 0) is 16.1 Å². The van der Waals surface area contributed by atoms with Crippen LogP contribution < -0.4 is 4.90 Å². The topological polar surface area (TPSA) is 92.9 Å². The highest BCUT2D eigenvalue weighted by Gasteiger charge is 2.30. The van der Waals surface area contributed by atoms with Crippen LogP contribution in [0.4, 0.5) is 5.69 Å². The Morgan fingerprint density at radius 3 is 2.96 bits per heavy atom. The molecular weight excluding hydrogens is 300 g/mol. The number of aliphatic carboxylic acids is 1. The van der Waals surface area contributed by atoms with Gasteiger partial charge >= 0.3 is 11.9 Å². The average molecular weight is 316 g/mol. The normalized spacial score (nSPS) is 16.7. The predicted molar refractivity (Wildman–Crippen MR) is 80.3 cm³/mol. The Balaban J connectivity index is 1.84. The van der Waals surface area contributed by atoms with Crippen LogP contribution >= 0.6 is 0 Å². The van der Waals surface area contributed by atoms with Gasteiger partial charge in [0.2, 0.25) is 0 Å². The molecule has 23 heavy (non-hydrogen) atoms. The molecule has 2 aromatic rings. The molecule has 3 rings (SSSR count). The van der Waals surface area contributed by atoms with Gasteiger partial charge in [-0.15, -0.1) is 0 Å². The number of hydrogen-bond donors (Lipinski definition) is 1. The van der Waals surface area contributed by atoms with Gasteiger partial charge in [-0.1, -0.05) is 23.4 Å². The van der Waals surface area contributed by atoms with E-state index in [2.05, 4.69) is 9.89 Å². The number of ether oxygens (including phenoxy) is 1. The Hall–Kier alpha value is -2.83. The van der Waals surface area contributed by atoms with Crippen LogP contribution in [0.2, 0.25) is 0 Å². The van der Waals surface area contributed by atoms with Gasteiger partial charge in [0, 0.05) is 18.3 Å². The molecule has 0 radical (unpaired) electrons. The van der Waals surface area contributed by atoms with Gasteiger partial charge in [-0.25, -0.2) is 4.79 Å².